The fourth-order valence-corrected chi connectivity index (χ4v) is 2.99. The minimum atomic E-state index is -3.45. The van der Waals surface area contributed by atoms with Crippen LogP contribution in [-0.2, 0) is 10.0 Å². The topological polar surface area (TPSA) is 66.4 Å². The van der Waals surface area contributed by atoms with E-state index in [1.165, 1.54) is 6.07 Å². The Morgan fingerprint density at radius 2 is 2.00 bits per heavy atom. The number of rotatable bonds is 7. The smallest absolute Gasteiger partial charge is 0.212 e. The Labute approximate surface area is 107 Å². The molecule has 18 heavy (non-hydrogen) atoms. The summed E-state index contributed by atoms with van der Waals surface area (Å²) in [4.78, 5) is 0. The van der Waals surface area contributed by atoms with E-state index >= 15 is 0 Å². The Morgan fingerprint density at radius 3 is 2.61 bits per heavy atom. The summed E-state index contributed by atoms with van der Waals surface area (Å²) >= 11 is 0. The molecule has 0 heterocycles. The van der Waals surface area contributed by atoms with Crippen molar-refractivity contribution in [1.82, 2.24) is 4.72 Å². The molecule has 0 aliphatic carbocycles. The van der Waals surface area contributed by atoms with Crippen LogP contribution in [-0.4, -0.2) is 25.9 Å². The first-order valence-electron chi connectivity index (χ1n) is 5.81. The van der Waals surface area contributed by atoms with E-state index in [4.69, 9.17) is 5.11 Å². The molecule has 0 saturated carbocycles. The fourth-order valence-electron chi connectivity index (χ4n) is 1.62. The molecule has 1 unspecified atom stereocenters. The standard InChI is InChI=1S/C12H18FNO3S/c1-10(11-6-2-3-7-12(11)13)14-18(16,17)9-5-4-8-15/h2-3,6-7,10,14-15H,4-5,8-9H2,1H3. The first-order valence-corrected chi connectivity index (χ1v) is 7.47. The van der Waals surface area contributed by atoms with Crippen molar-refractivity contribution < 1.29 is 17.9 Å². The molecular weight excluding hydrogens is 257 g/mol. The van der Waals surface area contributed by atoms with Crippen molar-refractivity contribution in [1.29, 1.82) is 0 Å². The van der Waals surface area contributed by atoms with E-state index in [-0.39, 0.29) is 12.4 Å². The molecule has 0 fully saturated rings. The van der Waals surface area contributed by atoms with E-state index in [1.807, 2.05) is 0 Å². The molecule has 1 atom stereocenters. The molecule has 0 aromatic heterocycles. The maximum absolute atomic E-state index is 13.5. The highest BCUT2D eigenvalue weighted by molar-refractivity contribution is 7.89. The molecule has 0 saturated heterocycles. The van der Waals surface area contributed by atoms with Gasteiger partial charge in [0.25, 0.3) is 0 Å². The highest BCUT2D eigenvalue weighted by Crippen LogP contribution is 2.17. The molecule has 1 rings (SSSR count). The van der Waals surface area contributed by atoms with E-state index in [9.17, 15) is 12.8 Å². The van der Waals surface area contributed by atoms with Gasteiger partial charge in [-0.15, -0.1) is 0 Å². The molecule has 4 nitrogen and oxygen atoms in total. The van der Waals surface area contributed by atoms with Crippen LogP contribution in [0, 0.1) is 5.82 Å². The van der Waals surface area contributed by atoms with Gasteiger partial charge < -0.3 is 5.11 Å². The van der Waals surface area contributed by atoms with Gasteiger partial charge in [0.15, 0.2) is 0 Å². The lowest BCUT2D eigenvalue weighted by Gasteiger charge is -2.15. The number of hydrogen-bond acceptors (Lipinski definition) is 3. The Bertz CT molecular complexity index is 476. The third-order valence-electron chi connectivity index (χ3n) is 2.55. The lowest BCUT2D eigenvalue weighted by Crippen LogP contribution is -2.29. The Hall–Kier alpha value is -0.980. The number of hydrogen-bond donors (Lipinski definition) is 2. The van der Waals surface area contributed by atoms with Crippen LogP contribution in [0.15, 0.2) is 24.3 Å². The van der Waals surface area contributed by atoms with E-state index in [2.05, 4.69) is 4.72 Å². The molecule has 0 amide bonds. The number of sulfonamides is 1. The zero-order chi connectivity index (χ0) is 13.6. The van der Waals surface area contributed by atoms with Gasteiger partial charge in [-0.1, -0.05) is 18.2 Å². The number of unbranched alkanes of at least 4 members (excludes halogenated alkanes) is 1. The van der Waals surface area contributed by atoms with Crippen molar-refractivity contribution in [3.05, 3.63) is 35.6 Å². The molecule has 0 radical (unpaired) electrons. The first kappa shape index (κ1) is 15.1. The number of benzene rings is 1. The van der Waals surface area contributed by atoms with Crippen LogP contribution < -0.4 is 4.72 Å². The molecule has 1 aromatic rings. The number of aliphatic hydroxyl groups excluding tert-OH is 1. The van der Waals surface area contributed by atoms with E-state index in [0.717, 1.165) is 0 Å². The normalized spacial score (nSPS) is 13.5. The minimum absolute atomic E-state index is 0.0294. The summed E-state index contributed by atoms with van der Waals surface area (Å²) in [5.41, 5.74) is 0.322. The number of nitrogens with one attached hydrogen (secondary N) is 1. The quantitative estimate of drug-likeness (QED) is 0.742. The largest absolute Gasteiger partial charge is 0.396 e. The van der Waals surface area contributed by atoms with E-state index < -0.39 is 21.9 Å². The monoisotopic (exact) mass is 275 g/mol. The van der Waals surface area contributed by atoms with Gasteiger partial charge in [-0.2, -0.15) is 0 Å². The summed E-state index contributed by atoms with van der Waals surface area (Å²) in [6.07, 6.45) is 0.824. The van der Waals surface area contributed by atoms with E-state index in [0.29, 0.717) is 18.4 Å². The van der Waals surface area contributed by atoms with Crippen LogP contribution in [0.2, 0.25) is 0 Å². The molecule has 0 spiro atoms. The van der Waals surface area contributed by atoms with Crippen molar-refractivity contribution in [2.75, 3.05) is 12.4 Å². The third-order valence-corrected chi connectivity index (χ3v) is 4.09. The molecule has 1 aromatic carbocycles. The number of halogens is 1. The van der Waals surface area contributed by atoms with Gasteiger partial charge in [-0.05, 0) is 25.8 Å². The molecule has 0 aliphatic heterocycles. The predicted octanol–water partition coefficient (Wildman–Crippen LogP) is 1.58. The fraction of sp³-hybridized carbons (Fsp3) is 0.500. The van der Waals surface area contributed by atoms with E-state index in [1.54, 1.807) is 25.1 Å². The van der Waals surface area contributed by atoms with Crippen molar-refractivity contribution in [2.24, 2.45) is 0 Å². The zero-order valence-corrected chi connectivity index (χ0v) is 11.1. The highest BCUT2D eigenvalue weighted by Gasteiger charge is 2.17. The van der Waals surface area contributed by atoms with Crippen LogP contribution >= 0.6 is 0 Å². The Kier molecular flexibility index (Phi) is 5.71. The first-order chi connectivity index (χ1) is 8.46. The summed E-state index contributed by atoms with van der Waals surface area (Å²) in [6, 6.07) is 5.46. The average Bonchev–Trinajstić information content (AvgIpc) is 2.29. The summed E-state index contributed by atoms with van der Waals surface area (Å²) in [5, 5.41) is 8.59. The van der Waals surface area contributed by atoms with Crippen molar-refractivity contribution in [3.8, 4) is 0 Å². The van der Waals surface area contributed by atoms with Crippen LogP contribution in [0.4, 0.5) is 4.39 Å². The average molecular weight is 275 g/mol. The maximum Gasteiger partial charge on any atom is 0.212 e. The summed E-state index contributed by atoms with van der Waals surface area (Å²) in [7, 11) is -3.45. The van der Waals surface area contributed by atoms with Crippen molar-refractivity contribution in [3.63, 3.8) is 0 Å². The molecule has 0 aliphatic rings. The lowest BCUT2D eigenvalue weighted by atomic mass is 10.1. The highest BCUT2D eigenvalue weighted by atomic mass is 32.2. The molecule has 2 N–H and O–H groups in total. The third kappa shape index (κ3) is 4.72. The van der Waals surface area contributed by atoms with Gasteiger partial charge in [-0.25, -0.2) is 17.5 Å². The van der Waals surface area contributed by atoms with Crippen LogP contribution in [0.3, 0.4) is 0 Å². The second-order valence-corrected chi connectivity index (χ2v) is 5.98. The van der Waals surface area contributed by atoms with Gasteiger partial charge in [0, 0.05) is 18.2 Å². The lowest BCUT2D eigenvalue weighted by molar-refractivity contribution is 0.287. The van der Waals surface area contributed by atoms with Gasteiger partial charge in [0.1, 0.15) is 5.82 Å². The van der Waals surface area contributed by atoms with Gasteiger partial charge >= 0.3 is 0 Å². The second kappa shape index (κ2) is 6.82. The van der Waals surface area contributed by atoms with Gasteiger partial charge in [-0.3, -0.25) is 0 Å². The summed E-state index contributed by atoms with van der Waals surface area (Å²) < 4.78 is 39.2. The second-order valence-electron chi connectivity index (χ2n) is 4.11. The van der Waals surface area contributed by atoms with Gasteiger partial charge in [0.2, 0.25) is 10.0 Å². The van der Waals surface area contributed by atoms with Crippen LogP contribution in [0.5, 0.6) is 0 Å². The number of aliphatic hydroxyl groups is 1. The minimum Gasteiger partial charge on any atom is -0.396 e. The Morgan fingerprint density at radius 1 is 1.33 bits per heavy atom. The van der Waals surface area contributed by atoms with Gasteiger partial charge in [0.05, 0.1) is 5.75 Å². The Balaban J connectivity index is 2.64. The predicted molar refractivity (Wildman–Crippen MR) is 68.1 cm³/mol. The molecule has 0 bridgehead atoms. The molecule has 6 heteroatoms. The summed E-state index contributed by atoms with van der Waals surface area (Å²) in [6.45, 7) is 1.57. The zero-order valence-electron chi connectivity index (χ0n) is 10.3. The van der Waals surface area contributed by atoms with Crippen LogP contribution in [0.1, 0.15) is 31.4 Å². The van der Waals surface area contributed by atoms with Crippen molar-refractivity contribution in [2.45, 2.75) is 25.8 Å². The SMILES string of the molecule is CC(NS(=O)(=O)CCCCO)c1ccccc1F. The maximum atomic E-state index is 13.5. The van der Waals surface area contributed by atoms with Crippen LogP contribution in [0.25, 0.3) is 0 Å². The van der Waals surface area contributed by atoms with Crippen molar-refractivity contribution >= 4 is 10.0 Å². The molecule has 102 valence electrons. The molecular formula is C12H18FNO3S. The summed E-state index contributed by atoms with van der Waals surface area (Å²) in [5.74, 6) is -0.491.